The van der Waals surface area contributed by atoms with Crippen LogP contribution in [0.1, 0.15) is 67.8 Å². The Balaban J connectivity index is 1.49. The lowest BCUT2D eigenvalue weighted by Gasteiger charge is -2.32. The zero-order valence-corrected chi connectivity index (χ0v) is 28.2. The molecule has 0 bridgehead atoms. The Hall–Kier alpha value is -3.38. The van der Waals surface area contributed by atoms with Crippen LogP contribution in [-0.2, 0) is 22.8 Å². The van der Waals surface area contributed by atoms with Crippen LogP contribution in [0.25, 0.3) is 11.1 Å². The highest BCUT2D eigenvalue weighted by atomic mass is 28.3. The Morgan fingerprint density at radius 1 is 1.11 bits per heavy atom. The summed E-state index contributed by atoms with van der Waals surface area (Å²) in [6, 6.07) is 5.14. The number of carbonyl (C=O) groups excluding carboxylic acids is 2. The molecule has 0 radical (unpaired) electrons. The van der Waals surface area contributed by atoms with Crippen LogP contribution in [0.15, 0.2) is 24.4 Å². The van der Waals surface area contributed by atoms with Crippen LogP contribution in [0.2, 0.25) is 25.7 Å². The second-order valence-electron chi connectivity index (χ2n) is 13.3. The van der Waals surface area contributed by atoms with Crippen molar-refractivity contribution in [3.63, 3.8) is 0 Å². The number of nitrogens with zero attached hydrogens (tertiary/aromatic N) is 5. The Morgan fingerprint density at radius 3 is 2.50 bits per heavy atom. The average molecular weight is 626 g/mol. The molecule has 44 heavy (non-hydrogen) atoms. The van der Waals surface area contributed by atoms with Crippen molar-refractivity contribution in [1.82, 2.24) is 29.9 Å². The third-order valence-corrected chi connectivity index (χ3v) is 10.2. The van der Waals surface area contributed by atoms with E-state index in [1.165, 1.54) is 0 Å². The standard InChI is InChI=1S/C32H48FN7O3Si/c1-8-17-39-26(15-16-34-39)31(41)37-29(24-11-9-21(2)10-12-24)32(42)36-27-14-13-25(30(33)35-27)28-22(3)38-40(23(28)4)20-43-18-19-44(5,6)7/h13-16,21,24,29H,8-12,17-20H2,1-7H3,(H,37,41)(H,35,36,42)/t21?,24?,29-/m0/s1. The summed E-state index contributed by atoms with van der Waals surface area (Å²) in [4.78, 5) is 31.0. The number of ether oxygens (including phenoxy) is 1. The highest BCUT2D eigenvalue weighted by Crippen LogP contribution is 2.32. The largest absolute Gasteiger partial charge is 0.360 e. The number of nitrogens with one attached hydrogen (secondary N) is 2. The first-order valence-electron chi connectivity index (χ1n) is 15.8. The van der Waals surface area contributed by atoms with Crippen molar-refractivity contribution >= 4 is 25.7 Å². The van der Waals surface area contributed by atoms with Crippen molar-refractivity contribution < 1.29 is 18.7 Å². The second-order valence-corrected chi connectivity index (χ2v) is 18.9. The van der Waals surface area contributed by atoms with E-state index >= 15 is 4.39 Å². The lowest BCUT2D eigenvalue weighted by molar-refractivity contribution is -0.119. The van der Waals surface area contributed by atoms with Gasteiger partial charge in [-0.25, -0.2) is 9.67 Å². The summed E-state index contributed by atoms with van der Waals surface area (Å²) in [7, 11) is -1.21. The molecule has 1 saturated carbocycles. The Morgan fingerprint density at radius 2 is 1.84 bits per heavy atom. The summed E-state index contributed by atoms with van der Waals surface area (Å²) >= 11 is 0. The first-order chi connectivity index (χ1) is 20.9. The number of carbonyl (C=O) groups is 2. The van der Waals surface area contributed by atoms with Gasteiger partial charge in [-0.05, 0) is 69.2 Å². The normalized spacial score (nSPS) is 17.8. The van der Waals surface area contributed by atoms with Gasteiger partial charge < -0.3 is 15.4 Å². The van der Waals surface area contributed by atoms with Crippen LogP contribution in [-0.4, -0.2) is 57.1 Å². The van der Waals surface area contributed by atoms with Gasteiger partial charge >= 0.3 is 0 Å². The van der Waals surface area contributed by atoms with Gasteiger partial charge in [-0.15, -0.1) is 0 Å². The number of aromatic nitrogens is 5. The number of anilines is 1. The van der Waals surface area contributed by atoms with E-state index in [0.717, 1.165) is 43.8 Å². The summed E-state index contributed by atoms with van der Waals surface area (Å²) in [5.74, 6) is -0.831. The van der Waals surface area contributed by atoms with E-state index in [4.69, 9.17) is 4.74 Å². The van der Waals surface area contributed by atoms with Gasteiger partial charge in [-0.1, -0.05) is 46.3 Å². The van der Waals surface area contributed by atoms with E-state index in [1.54, 1.807) is 33.8 Å². The quantitative estimate of drug-likeness (QED) is 0.133. The minimum Gasteiger partial charge on any atom is -0.360 e. The number of hydrogen-bond donors (Lipinski definition) is 2. The van der Waals surface area contributed by atoms with Crippen LogP contribution in [0, 0.1) is 31.6 Å². The fraction of sp³-hybridized carbons (Fsp3) is 0.594. The molecule has 0 saturated heterocycles. The van der Waals surface area contributed by atoms with Gasteiger partial charge in [-0.2, -0.15) is 14.6 Å². The molecular formula is C32H48FN7O3Si. The van der Waals surface area contributed by atoms with Crippen molar-refractivity contribution in [3.8, 4) is 11.1 Å². The average Bonchev–Trinajstić information content (AvgIpc) is 3.53. The number of aryl methyl sites for hydroxylation is 2. The van der Waals surface area contributed by atoms with Crippen LogP contribution < -0.4 is 10.6 Å². The lowest BCUT2D eigenvalue weighted by Crippen LogP contribution is -2.49. The molecule has 1 fully saturated rings. The Kier molecular flexibility index (Phi) is 11.1. The van der Waals surface area contributed by atoms with Crippen molar-refractivity contribution in [1.29, 1.82) is 0 Å². The summed E-state index contributed by atoms with van der Waals surface area (Å²) in [5.41, 5.74) is 2.83. The van der Waals surface area contributed by atoms with Crippen LogP contribution in [0.3, 0.4) is 0 Å². The number of pyridine rings is 1. The van der Waals surface area contributed by atoms with E-state index in [-0.39, 0.29) is 17.6 Å². The van der Waals surface area contributed by atoms with E-state index in [2.05, 4.69) is 52.4 Å². The SMILES string of the molecule is CCCn1nccc1C(=O)N[C@H](C(=O)Nc1ccc(-c2c(C)nn(COCC[Si](C)(C)C)c2C)c(F)n1)C1CCC(C)CC1. The molecule has 1 atom stereocenters. The minimum absolute atomic E-state index is 0.0362. The van der Waals surface area contributed by atoms with Crippen molar-refractivity contribution in [2.24, 2.45) is 11.8 Å². The monoisotopic (exact) mass is 625 g/mol. The van der Waals surface area contributed by atoms with Gasteiger partial charge in [-0.3, -0.25) is 14.3 Å². The third-order valence-electron chi connectivity index (χ3n) is 8.45. The Labute approximate surface area is 261 Å². The second kappa shape index (κ2) is 14.6. The van der Waals surface area contributed by atoms with Crippen molar-refractivity contribution in [2.75, 3.05) is 11.9 Å². The van der Waals surface area contributed by atoms with Crippen molar-refractivity contribution in [2.45, 2.75) is 105 Å². The van der Waals surface area contributed by atoms with Gasteiger partial charge in [0.25, 0.3) is 5.91 Å². The molecule has 3 aromatic heterocycles. The molecule has 0 aliphatic heterocycles. The zero-order valence-electron chi connectivity index (χ0n) is 27.2. The number of rotatable bonds is 13. The van der Waals surface area contributed by atoms with E-state index in [0.29, 0.717) is 48.3 Å². The Bertz CT molecular complexity index is 1440. The van der Waals surface area contributed by atoms with Crippen LogP contribution in [0.5, 0.6) is 0 Å². The van der Waals surface area contributed by atoms with Crippen LogP contribution >= 0.6 is 0 Å². The topological polar surface area (TPSA) is 116 Å². The number of amides is 2. The molecule has 2 amide bonds. The van der Waals surface area contributed by atoms with Gasteiger partial charge in [0.05, 0.1) is 5.69 Å². The molecule has 1 aliphatic carbocycles. The molecule has 0 spiro atoms. The fourth-order valence-corrected chi connectivity index (χ4v) is 6.54. The molecule has 2 N–H and O–H groups in total. The molecule has 0 unspecified atom stereocenters. The summed E-state index contributed by atoms with van der Waals surface area (Å²) in [6.07, 6.45) is 6.01. The van der Waals surface area contributed by atoms with Crippen LogP contribution in [0.4, 0.5) is 10.2 Å². The molecule has 1 aliphatic rings. The molecule has 4 rings (SSSR count). The van der Waals surface area contributed by atoms with Crippen molar-refractivity contribution in [3.05, 3.63) is 47.4 Å². The molecule has 12 heteroatoms. The maximum atomic E-state index is 15.5. The lowest BCUT2D eigenvalue weighted by atomic mass is 9.79. The minimum atomic E-state index is -1.21. The summed E-state index contributed by atoms with van der Waals surface area (Å²) in [6.45, 7) is 16.4. The smallest absolute Gasteiger partial charge is 0.270 e. The molecule has 0 aromatic carbocycles. The zero-order chi connectivity index (χ0) is 32.0. The molecule has 10 nitrogen and oxygen atoms in total. The molecule has 240 valence electrons. The van der Waals surface area contributed by atoms with Gasteiger partial charge in [0.15, 0.2) is 0 Å². The van der Waals surface area contributed by atoms with Gasteiger partial charge in [0, 0.05) is 44.2 Å². The number of halogens is 1. The first-order valence-corrected chi connectivity index (χ1v) is 19.5. The predicted molar refractivity (Wildman–Crippen MR) is 173 cm³/mol. The van der Waals surface area contributed by atoms with Gasteiger partial charge in [0.2, 0.25) is 11.9 Å². The molecule has 3 heterocycles. The van der Waals surface area contributed by atoms with E-state index in [1.807, 2.05) is 20.8 Å². The number of hydrogen-bond acceptors (Lipinski definition) is 6. The maximum Gasteiger partial charge on any atom is 0.270 e. The fourth-order valence-electron chi connectivity index (χ4n) is 5.78. The third kappa shape index (κ3) is 8.41. The van der Waals surface area contributed by atoms with Gasteiger partial charge in [0.1, 0.15) is 24.3 Å². The maximum absolute atomic E-state index is 15.5. The van der Waals surface area contributed by atoms with E-state index < -0.39 is 26.0 Å². The summed E-state index contributed by atoms with van der Waals surface area (Å²) < 4.78 is 24.8. The first kappa shape index (κ1) is 33.5. The predicted octanol–water partition coefficient (Wildman–Crippen LogP) is 6.18. The highest BCUT2D eigenvalue weighted by molar-refractivity contribution is 6.76. The molecule has 3 aromatic rings. The summed E-state index contributed by atoms with van der Waals surface area (Å²) in [5, 5.41) is 14.6. The molecular weight excluding hydrogens is 577 g/mol. The van der Waals surface area contributed by atoms with E-state index in [9.17, 15) is 9.59 Å². The highest BCUT2D eigenvalue weighted by Gasteiger charge is 2.33.